The van der Waals surface area contributed by atoms with Gasteiger partial charge in [-0.25, -0.2) is 0 Å². The molecule has 0 unspecified atom stereocenters. The molecule has 0 aliphatic heterocycles. The summed E-state index contributed by atoms with van der Waals surface area (Å²) in [6.45, 7) is 1.83. The van der Waals surface area contributed by atoms with Crippen molar-refractivity contribution < 1.29 is 4.79 Å². The molecule has 1 aromatic heterocycles. The lowest BCUT2D eigenvalue weighted by molar-refractivity contribution is 0.0932. The molecule has 4 nitrogen and oxygen atoms in total. The highest BCUT2D eigenvalue weighted by molar-refractivity contribution is 5.96. The molecule has 2 rings (SSSR count). The molecule has 1 aliphatic rings. The van der Waals surface area contributed by atoms with Gasteiger partial charge in [-0.05, 0) is 25.8 Å². The van der Waals surface area contributed by atoms with E-state index in [2.05, 4.69) is 10.3 Å². The highest BCUT2D eigenvalue weighted by Crippen LogP contribution is 2.18. The summed E-state index contributed by atoms with van der Waals surface area (Å²) >= 11 is 0. The Hall–Kier alpha value is -1.58. The average Bonchev–Trinajstić information content (AvgIpc) is 2.61. The second-order valence-corrected chi connectivity index (χ2v) is 5.06. The van der Waals surface area contributed by atoms with Crippen molar-refractivity contribution in [3.63, 3.8) is 0 Å². The third kappa shape index (κ3) is 3.22. The Morgan fingerprint density at radius 2 is 2.00 bits per heavy atom. The number of aryl methyl sites for hydroxylation is 1. The molecule has 1 heterocycles. The molecule has 3 N–H and O–H groups in total. The fourth-order valence-corrected chi connectivity index (χ4v) is 2.47. The van der Waals surface area contributed by atoms with E-state index in [0.29, 0.717) is 17.3 Å². The van der Waals surface area contributed by atoms with Crippen molar-refractivity contribution in [2.24, 2.45) is 0 Å². The van der Waals surface area contributed by atoms with Gasteiger partial charge in [0.25, 0.3) is 5.91 Å². The van der Waals surface area contributed by atoms with Crippen LogP contribution in [-0.2, 0) is 0 Å². The van der Waals surface area contributed by atoms with Crippen molar-refractivity contribution in [3.8, 4) is 0 Å². The first-order chi connectivity index (χ1) is 8.66. The third-order valence-corrected chi connectivity index (χ3v) is 3.54. The maximum Gasteiger partial charge on any atom is 0.253 e. The van der Waals surface area contributed by atoms with E-state index >= 15 is 0 Å². The molecule has 18 heavy (non-hydrogen) atoms. The van der Waals surface area contributed by atoms with E-state index in [1.54, 1.807) is 12.3 Å². The number of hydrogen-bond acceptors (Lipinski definition) is 3. The van der Waals surface area contributed by atoms with Gasteiger partial charge in [-0.1, -0.05) is 25.7 Å². The largest absolute Gasteiger partial charge is 0.397 e. The van der Waals surface area contributed by atoms with Crippen molar-refractivity contribution in [1.82, 2.24) is 10.3 Å². The summed E-state index contributed by atoms with van der Waals surface area (Å²) in [6.07, 6.45) is 8.73. The number of nitrogens with two attached hydrogens (primary N) is 1. The number of aromatic nitrogens is 1. The Balaban J connectivity index is 2.04. The smallest absolute Gasteiger partial charge is 0.253 e. The number of amides is 1. The molecule has 0 saturated heterocycles. The van der Waals surface area contributed by atoms with Crippen LogP contribution in [0.15, 0.2) is 12.3 Å². The zero-order valence-corrected chi connectivity index (χ0v) is 10.9. The van der Waals surface area contributed by atoms with E-state index in [1.807, 2.05) is 6.92 Å². The van der Waals surface area contributed by atoms with Crippen LogP contribution in [0.1, 0.15) is 54.6 Å². The van der Waals surface area contributed by atoms with Gasteiger partial charge in [0.05, 0.1) is 23.1 Å². The number of carbonyl (C=O) groups excluding carboxylic acids is 1. The van der Waals surface area contributed by atoms with Crippen LogP contribution in [0.5, 0.6) is 0 Å². The number of hydrogen-bond donors (Lipinski definition) is 2. The molecule has 4 heteroatoms. The van der Waals surface area contributed by atoms with Crippen LogP contribution in [0.25, 0.3) is 0 Å². The summed E-state index contributed by atoms with van der Waals surface area (Å²) in [5.74, 6) is -0.0424. The first-order valence-electron chi connectivity index (χ1n) is 6.70. The van der Waals surface area contributed by atoms with E-state index in [9.17, 15) is 4.79 Å². The lowest BCUT2D eigenvalue weighted by Crippen LogP contribution is -2.34. The Morgan fingerprint density at radius 3 is 2.67 bits per heavy atom. The molecular formula is C14H21N3O. The summed E-state index contributed by atoms with van der Waals surface area (Å²) in [4.78, 5) is 16.3. The van der Waals surface area contributed by atoms with Crippen LogP contribution in [0.4, 0.5) is 5.69 Å². The number of nitrogen functional groups attached to an aromatic ring is 1. The summed E-state index contributed by atoms with van der Waals surface area (Å²) in [7, 11) is 0. The molecular weight excluding hydrogens is 226 g/mol. The van der Waals surface area contributed by atoms with E-state index in [4.69, 9.17) is 5.73 Å². The Bertz CT molecular complexity index is 423. The Labute approximate surface area is 108 Å². The van der Waals surface area contributed by atoms with Crippen molar-refractivity contribution in [2.75, 3.05) is 5.73 Å². The van der Waals surface area contributed by atoms with Gasteiger partial charge in [-0.15, -0.1) is 0 Å². The Morgan fingerprint density at radius 1 is 1.33 bits per heavy atom. The zero-order valence-electron chi connectivity index (χ0n) is 10.9. The molecule has 0 aromatic carbocycles. The minimum absolute atomic E-state index is 0.0424. The van der Waals surface area contributed by atoms with Crippen molar-refractivity contribution in [1.29, 1.82) is 0 Å². The Kier molecular flexibility index (Phi) is 4.18. The molecule has 0 atom stereocenters. The lowest BCUT2D eigenvalue weighted by atomic mass is 10.1. The lowest BCUT2D eigenvalue weighted by Gasteiger charge is -2.17. The van der Waals surface area contributed by atoms with Crippen molar-refractivity contribution in [2.45, 2.75) is 51.5 Å². The van der Waals surface area contributed by atoms with E-state index in [-0.39, 0.29) is 5.91 Å². The quantitative estimate of drug-likeness (QED) is 0.789. The van der Waals surface area contributed by atoms with Crippen LogP contribution in [-0.4, -0.2) is 16.9 Å². The van der Waals surface area contributed by atoms with Crippen molar-refractivity contribution in [3.05, 3.63) is 23.5 Å². The number of nitrogens with zero attached hydrogens (tertiary/aromatic N) is 1. The first kappa shape index (κ1) is 12.9. The number of pyridine rings is 1. The number of anilines is 1. The molecule has 1 aromatic rings. The standard InChI is InChI=1S/C14H21N3O/c1-10-13(8-11(15)9-16-10)14(18)17-12-6-4-2-3-5-7-12/h8-9,12H,2-7,15H2,1H3,(H,17,18). The van der Waals surface area contributed by atoms with Gasteiger partial charge >= 0.3 is 0 Å². The van der Waals surface area contributed by atoms with Gasteiger partial charge in [0.1, 0.15) is 0 Å². The van der Waals surface area contributed by atoms with Crippen LogP contribution >= 0.6 is 0 Å². The van der Waals surface area contributed by atoms with E-state index in [0.717, 1.165) is 18.5 Å². The van der Waals surface area contributed by atoms with Crippen LogP contribution in [0.2, 0.25) is 0 Å². The molecule has 98 valence electrons. The van der Waals surface area contributed by atoms with Gasteiger partial charge in [-0.3, -0.25) is 9.78 Å². The monoisotopic (exact) mass is 247 g/mol. The molecule has 1 amide bonds. The van der Waals surface area contributed by atoms with Crippen LogP contribution in [0.3, 0.4) is 0 Å². The van der Waals surface area contributed by atoms with Crippen LogP contribution in [0, 0.1) is 6.92 Å². The molecule has 1 aliphatic carbocycles. The van der Waals surface area contributed by atoms with Gasteiger partial charge < -0.3 is 11.1 Å². The fourth-order valence-electron chi connectivity index (χ4n) is 2.47. The zero-order chi connectivity index (χ0) is 13.0. The SMILES string of the molecule is Cc1ncc(N)cc1C(=O)NC1CCCCCC1. The second kappa shape index (κ2) is 5.85. The number of nitrogens with one attached hydrogen (secondary N) is 1. The summed E-state index contributed by atoms with van der Waals surface area (Å²) < 4.78 is 0. The van der Waals surface area contributed by atoms with Gasteiger partial charge in [0.15, 0.2) is 0 Å². The highest BCUT2D eigenvalue weighted by atomic mass is 16.1. The molecule has 0 radical (unpaired) electrons. The van der Waals surface area contributed by atoms with Crippen LogP contribution < -0.4 is 11.1 Å². The predicted octanol–water partition coefficient (Wildman–Crippen LogP) is 2.42. The maximum atomic E-state index is 12.2. The van der Waals surface area contributed by atoms with Gasteiger partial charge in [0, 0.05) is 6.04 Å². The average molecular weight is 247 g/mol. The minimum Gasteiger partial charge on any atom is -0.397 e. The van der Waals surface area contributed by atoms with Gasteiger partial charge in [0.2, 0.25) is 0 Å². The van der Waals surface area contributed by atoms with Gasteiger partial charge in [-0.2, -0.15) is 0 Å². The molecule has 1 fully saturated rings. The van der Waals surface area contributed by atoms with E-state index < -0.39 is 0 Å². The third-order valence-electron chi connectivity index (χ3n) is 3.54. The molecule has 0 spiro atoms. The summed E-state index contributed by atoms with van der Waals surface area (Å²) in [5.41, 5.74) is 7.54. The number of carbonyl (C=O) groups is 1. The second-order valence-electron chi connectivity index (χ2n) is 5.06. The molecule has 0 bridgehead atoms. The number of rotatable bonds is 2. The van der Waals surface area contributed by atoms with E-state index in [1.165, 1.54) is 25.7 Å². The normalized spacial score (nSPS) is 17.2. The topological polar surface area (TPSA) is 68.0 Å². The predicted molar refractivity (Wildman–Crippen MR) is 72.3 cm³/mol. The summed E-state index contributed by atoms with van der Waals surface area (Å²) in [5, 5.41) is 3.11. The maximum absolute atomic E-state index is 12.2. The molecule has 1 saturated carbocycles. The first-order valence-corrected chi connectivity index (χ1v) is 6.70. The highest BCUT2D eigenvalue weighted by Gasteiger charge is 2.17. The van der Waals surface area contributed by atoms with Crippen molar-refractivity contribution >= 4 is 11.6 Å². The summed E-state index contributed by atoms with van der Waals surface area (Å²) in [6, 6.07) is 2.01. The fraction of sp³-hybridized carbons (Fsp3) is 0.571. The minimum atomic E-state index is -0.0424.